The fourth-order valence-electron chi connectivity index (χ4n) is 5.29. The van der Waals surface area contributed by atoms with Crippen molar-refractivity contribution < 1.29 is 4.39 Å². The van der Waals surface area contributed by atoms with Crippen molar-refractivity contribution in [3.63, 3.8) is 0 Å². The third kappa shape index (κ3) is 6.22. The normalized spacial score (nSPS) is 11.3. The second-order valence-electron chi connectivity index (χ2n) is 9.91. The molecule has 0 radical (unpaired) electrons. The van der Waals surface area contributed by atoms with Crippen LogP contribution >= 0.6 is 0 Å². The van der Waals surface area contributed by atoms with Crippen LogP contribution in [0.4, 0.5) is 4.39 Å². The zero-order valence-corrected chi connectivity index (χ0v) is 24.1. The maximum atomic E-state index is 13.9. The van der Waals surface area contributed by atoms with E-state index in [0.717, 1.165) is 5.19 Å². The first-order valence-corrected chi connectivity index (χ1v) is 15.0. The maximum Gasteiger partial charge on any atom is 0.123 e. The van der Waals surface area contributed by atoms with Crippen LogP contribution in [-0.4, -0.2) is 26.9 Å². The van der Waals surface area contributed by atoms with E-state index in [1.54, 1.807) is 18.3 Å². The van der Waals surface area contributed by atoms with Crippen LogP contribution in [0.15, 0.2) is 164 Å². The Hall–Kier alpha value is -4.48. The number of benzene rings is 5. The Morgan fingerprint density at radius 1 is 0.650 bits per heavy atom. The fraction of sp³-hybridized carbons (Fsp3) is 0.0571. The van der Waals surface area contributed by atoms with Gasteiger partial charge in [0, 0.05) is 12.4 Å². The highest BCUT2D eigenvalue weighted by Crippen LogP contribution is 2.33. The highest BCUT2D eigenvalue weighted by atomic mass is 28.2. The van der Waals surface area contributed by atoms with Crippen molar-refractivity contribution in [2.45, 2.75) is 11.0 Å². The molecule has 0 unspecified atom stereocenters. The van der Waals surface area contributed by atoms with Gasteiger partial charge in [0.1, 0.15) is 13.7 Å². The zero-order valence-electron chi connectivity index (χ0n) is 22.6. The molecule has 0 N–H and O–H groups in total. The largest absolute Gasteiger partial charge is 0.326 e. The lowest BCUT2D eigenvalue weighted by atomic mass is 9.76. The Labute approximate surface area is 239 Å². The summed E-state index contributed by atoms with van der Waals surface area (Å²) < 4.78 is 16.1. The van der Waals surface area contributed by atoms with E-state index in [1.807, 2.05) is 30.7 Å². The van der Waals surface area contributed by atoms with Crippen LogP contribution in [0.3, 0.4) is 0 Å². The topological polar surface area (TPSA) is 17.8 Å². The Kier molecular flexibility index (Phi) is 8.84. The first-order valence-electron chi connectivity index (χ1n) is 13.6. The van der Waals surface area contributed by atoms with E-state index in [4.69, 9.17) is 0 Å². The highest BCUT2D eigenvalue weighted by Gasteiger charge is 2.36. The molecule has 1 heterocycles. The maximum absolute atomic E-state index is 13.9. The van der Waals surface area contributed by atoms with E-state index in [-0.39, 0.29) is 11.0 Å². The van der Waals surface area contributed by atoms with Gasteiger partial charge in [-0.15, -0.1) is 0 Å². The van der Waals surface area contributed by atoms with E-state index >= 15 is 0 Å². The van der Waals surface area contributed by atoms with Crippen LogP contribution in [0.25, 0.3) is 0 Å². The molecule has 1 aromatic heterocycles. The van der Waals surface area contributed by atoms with Gasteiger partial charge in [-0.1, -0.05) is 139 Å². The molecular weight excluding hydrogens is 506 g/mol. The molecule has 0 saturated heterocycles. The fourth-order valence-corrected chi connectivity index (χ4v) is 7.68. The number of nitrogens with zero attached hydrogens (tertiary/aromatic N) is 2. The lowest BCUT2D eigenvalue weighted by Crippen LogP contribution is -2.46. The van der Waals surface area contributed by atoms with Gasteiger partial charge in [0.15, 0.2) is 0 Å². The van der Waals surface area contributed by atoms with Gasteiger partial charge < -0.3 is 4.57 Å². The van der Waals surface area contributed by atoms with Crippen molar-refractivity contribution >= 4 is 22.6 Å². The molecule has 0 fully saturated rings. The van der Waals surface area contributed by atoms with Crippen LogP contribution in [0.2, 0.25) is 0 Å². The molecule has 2 nitrogen and oxygen atoms in total. The minimum Gasteiger partial charge on any atom is -0.326 e. The molecule has 0 amide bonds. The SMILES string of the molecule is BC(c1ccccc1)c1ccccc1.Fc1cccc([SiH2]C(c2ccccc2)(c2ccccc2)n2ccnc2)c1. The minimum atomic E-state index is -1.01. The lowest BCUT2D eigenvalue weighted by molar-refractivity contribution is 0.596. The van der Waals surface area contributed by atoms with Crippen LogP contribution < -0.4 is 5.19 Å². The second kappa shape index (κ2) is 13.0. The van der Waals surface area contributed by atoms with Crippen LogP contribution in [-0.2, 0) is 5.16 Å². The van der Waals surface area contributed by atoms with Gasteiger partial charge in [-0.05, 0) is 40.2 Å². The molecular formula is C35H32BFN2Si. The molecule has 5 aromatic carbocycles. The van der Waals surface area contributed by atoms with Gasteiger partial charge in [0.2, 0.25) is 0 Å². The van der Waals surface area contributed by atoms with Crippen molar-refractivity contribution in [2.75, 3.05) is 0 Å². The van der Waals surface area contributed by atoms with Gasteiger partial charge in [-0.2, -0.15) is 0 Å². The van der Waals surface area contributed by atoms with Crippen molar-refractivity contribution in [2.24, 2.45) is 0 Å². The van der Waals surface area contributed by atoms with Crippen molar-refractivity contribution in [1.82, 2.24) is 9.55 Å². The summed E-state index contributed by atoms with van der Waals surface area (Å²) in [5, 5.41) is 0.707. The van der Waals surface area contributed by atoms with E-state index in [0.29, 0.717) is 5.82 Å². The van der Waals surface area contributed by atoms with Gasteiger partial charge in [0.25, 0.3) is 0 Å². The molecule has 0 aliphatic carbocycles. The molecule has 0 spiro atoms. The third-order valence-corrected chi connectivity index (χ3v) is 9.94. The second-order valence-corrected chi connectivity index (χ2v) is 12.1. The summed E-state index contributed by atoms with van der Waals surface area (Å²) in [6.45, 7) is 0. The van der Waals surface area contributed by atoms with Gasteiger partial charge in [0.05, 0.1) is 21.0 Å². The monoisotopic (exact) mass is 538 g/mol. The van der Waals surface area contributed by atoms with Gasteiger partial charge in [-0.3, -0.25) is 0 Å². The molecule has 5 heteroatoms. The standard InChI is InChI=1S/C22H19FN2Si.C13H13B/c23-20-12-7-13-21(16-20)26-22(25-15-14-24-17-25,18-8-3-1-4-9-18)19-10-5-2-6-11-19;14-13(11-7-3-1-4-8-11)12-9-5-2-6-10-12/h1-17H,26H2;1-10,13H,14H2. The molecule has 196 valence electrons. The molecule has 6 rings (SSSR count). The summed E-state index contributed by atoms with van der Waals surface area (Å²) in [5.74, 6) is 0.299. The van der Waals surface area contributed by atoms with Crippen molar-refractivity contribution in [3.05, 3.63) is 192 Å². The van der Waals surface area contributed by atoms with Crippen LogP contribution in [0, 0.1) is 5.82 Å². The summed E-state index contributed by atoms with van der Waals surface area (Å²) >= 11 is 0. The number of hydrogen-bond acceptors (Lipinski definition) is 1. The van der Waals surface area contributed by atoms with Gasteiger partial charge in [-0.25, -0.2) is 9.37 Å². The number of hydrogen-bond donors (Lipinski definition) is 0. The lowest BCUT2D eigenvalue weighted by Gasteiger charge is -2.37. The average molecular weight is 539 g/mol. The van der Waals surface area contributed by atoms with Crippen molar-refractivity contribution in [3.8, 4) is 0 Å². The molecule has 40 heavy (non-hydrogen) atoms. The van der Waals surface area contributed by atoms with Crippen molar-refractivity contribution in [1.29, 1.82) is 0 Å². The summed E-state index contributed by atoms with van der Waals surface area (Å²) in [6.07, 6.45) is 5.68. The molecule has 0 aliphatic heterocycles. The van der Waals surface area contributed by atoms with Crippen LogP contribution in [0.1, 0.15) is 28.1 Å². The quantitative estimate of drug-likeness (QED) is 0.240. The van der Waals surface area contributed by atoms with Crippen LogP contribution in [0.5, 0.6) is 0 Å². The van der Waals surface area contributed by atoms with E-state index in [1.165, 1.54) is 28.3 Å². The summed E-state index contributed by atoms with van der Waals surface area (Å²) in [7, 11) is 1.23. The van der Waals surface area contributed by atoms with E-state index < -0.39 is 9.52 Å². The number of imidazole rings is 1. The molecule has 6 aromatic rings. The molecule has 0 bridgehead atoms. The third-order valence-electron chi connectivity index (χ3n) is 7.40. The molecule has 0 saturated carbocycles. The predicted octanol–water partition coefficient (Wildman–Crippen LogP) is 5.68. The Bertz CT molecular complexity index is 1500. The average Bonchev–Trinajstić information content (AvgIpc) is 3.57. The van der Waals surface area contributed by atoms with E-state index in [9.17, 15) is 4.39 Å². The Morgan fingerprint density at radius 3 is 1.60 bits per heavy atom. The summed E-state index contributed by atoms with van der Waals surface area (Å²) in [6, 6.07) is 49.1. The minimum absolute atomic E-state index is 0.185. The predicted molar refractivity (Wildman–Crippen MR) is 169 cm³/mol. The summed E-state index contributed by atoms with van der Waals surface area (Å²) in [4.78, 5) is 4.31. The number of rotatable bonds is 7. The number of halogens is 1. The number of aromatic nitrogens is 2. The Morgan fingerprint density at radius 2 is 1.15 bits per heavy atom. The highest BCUT2D eigenvalue weighted by molar-refractivity contribution is 6.57. The zero-order chi connectivity index (χ0) is 27.6. The summed E-state index contributed by atoms with van der Waals surface area (Å²) in [5.41, 5.74) is 5.14. The van der Waals surface area contributed by atoms with E-state index in [2.05, 4.69) is 127 Å². The molecule has 0 atom stereocenters. The first-order chi connectivity index (χ1) is 19.7. The first kappa shape index (κ1) is 27.1. The Balaban J connectivity index is 0.000000194. The smallest absolute Gasteiger partial charge is 0.123 e. The van der Waals surface area contributed by atoms with Gasteiger partial charge >= 0.3 is 0 Å². The molecule has 0 aliphatic rings.